The van der Waals surface area contributed by atoms with Crippen LogP contribution in [0.15, 0.2) is 46.9 Å². The van der Waals surface area contributed by atoms with Gasteiger partial charge in [0.15, 0.2) is 5.78 Å². The first kappa shape index (κ1) is 14.0. The lowest BCUT2D eigenvalue weighted by atomic mass is 10.0. The lowest BCUT2D eigenvalue weighted by molar-refractivity contribution is 0.0993. The second-order valence-electron chi connectivity index (χ2n) is 3.86. The molecule has 0 unspecified atom stereocenters. The summed E-state index contributed by atoms with van der Waals surface area (Å²) in [5, 5.41) is 0.621. The van der Waals surface area contributed by atoms with Gasteiger partial charge in [-0.3, -0.25) is 4.79 Å². The molecule has 0 fully saturated rings. The Morgan fingerprint density at radius 2 is 2.00 bits per heavy atom. The van der Waals surface area contributed by atoms with Crippen molar-refractivity contribution in [3.63, 3.8) is 0 Å². The van der Waals surface area contributed by atoms with Gasteiger partial charge in [0.25, 0.3) is 0 Å². The van der Waals surface area contributed by atoms with Gasteiger partial charge in [0.1, 0.15) is 0 Å². The van der Waals surface area contributed by atoms with Gasteiger partial charge in [-0.05, 0) is 52.4 Å². The number of carbonyl (C=O) groups excluding carboxylic acids is 1. The normalized spacial score (nSPS) is 10.4. The summed E-state index contributed by atoms with van der Waals surface area (Å²) in [6.45, 7) is 0. The van der Waals surface area contributed by atoms with Crippen LogP contribution in [0.4, 0.5) is 0 Å². The Morgan fingerprint density at radius 1 is 1.22 bits per heavy atom. The number of hydrogen-bond donors (Lipinski definition) is 0. The van der Waals surface area contributed by atoms with Gasteiger partial charge in [-0.15, -0.1) is 0 Å². The van der Waals surface area contributed by atoms with E-state index in [0.717, 1.165) is 13.6 Å². The first-order chi connectivity index (χ1) is 8.56. The Hall–Kier alpha value is -0.390. The first-order valence-corrected chi connectivity index (χ1v) is 7.54. The zero-order valence-corrected chi connectivity index (χ0v) is 13.8. The van der Waals surface area contributed by atoms with Crippen molar-refractivity contribution < 1.29 is 4.79 Å². The molecule has 0 amide bonds. The van der Waals surface area contributed by atoms with Crippen molar-refractivity contribution in [2.24, 2.45) is 0 Å². The van der Waals surface area contributed by atoms with Crippen LogP contribution in [0, 0.1) is 3.57 Å². The molecule has 0 N–H and O–H groups in total. The van der Waals surface area contributed by atoms with Crippen molar-refractivity contribution in [1.29, 1.82) is 0 Å². The van der Waals surface area contributed by atoms with Crippen molar-refractivity contribution in [2.45, 2.75) is 6.42 Å². The third-order valence-electron chi connectivity index (χ3n) is 2.50. The SMILES string of the molecule is O=C(Cc1cccc(Br)c1)c1ccc(I)c(Cl)c1. The lowest BCUT2D eigenvalue weighted by Crippen LogP contribution is -2.03. The summed E-state index contributed by atoms with van der Waals surface area (Å²) in [5.41, 5.74) is 1.64. The fourth-order valence-electron chi connectivity index (χ4n) is 1.60. The Labute approximate surface area is 133 Å². The lowest BCUT2D eigenvalue weighted by Gasteiger charge is -2.04. The average molecular weight is 435 g/mol. The number of carbonyl (C=O) groups is 1. The maximum Gasteiger partial charge on any atom is 0.167 e. The molecule has 18 heavy (non-hydrogen) atoms. The molecule has 0 saturated carbocycles. The summed E-state index contributed by atoms with van der Waals surface area (Å²) in [6.07, 6.45) is 0.385. The summed E-state index contributed by atoms with van der Waals surface area (Å²) in [6, 6.07) is 13.2. The minimum Gasteiger partial charge on any atom is -0.294 e. The van der Waals surface area contributed by atoms with Gasteiger partial charge in [0.05, 0.1) is 5.02 Å². The van der Waals surface area contributed by atoms with E-state index in [-0.39, 0.29) is 5.78 Å². The van der Waals surface area contributed by atoms with Gasteiger partial charge in [0, 0.05) is 20.0 Å². The monoisotopic (exact) mass is 434 g/mol. The third kappa shape index (κ3) is 3.56. The van der Waals surface area contributed by atoms with Crippen LogP contribution in [0.1, 0.15) is 15.9 Å². The Kier molecular flexibility index (Phi) is 4.81. The van der Waals surface area contributed by atoms with Crippen molar-refractivity contribution >= 4 is 55.9 Å². The van der Waals surface area contributed by atoms with Crippen molar-refractivity contribution in [3.05, 3.63) is 66.7 Å². The Morgan fingerprint density at radius 3 is 2.67 bits per heavy atom. The zero-order valence-electron chi connectivity index (χ0n) is 9.29. The average Bonchev–Trinajstić information content (AvgIpc) is 2.32. The van der Waals surface area contributed by atoms with Crippen LogP contribution >= 0.6 is 50.1 Å². The van der Waals surface area contributed by atoms with Crippen molar-refractivity contribution in [2.75, 3.05) is 0 Å². The molecule has 2 rings (SSSR count). The molecule has 0 radical (unpaired) electrons. The minimum absolute atomic E-state index is 0.0754. The molecule has 1 nitrogen and oxygen atoms in total. The zero-order chi connectivity index (χ0) is 13.1. The van der Waals surface area contributed by atoms with E-state index in [2.05, 4.69) is 38.5 Å². The Balaban J connectivity index is 2.19. The van der Waals surface area contributed by atoms with Crippen molar-refractivity contribution in [3.8, 4) is 0 Å². The second kappa shape index (κ2) is 6.17. The molecule has 0 spiro atoms. The van der Waals surface area contributed by atoms with E-state index < -0.39 is 0 Å². The number of benzene rings is 2. The second-order valence-corrected chi connectivity index (χ2v) is 6.34. The van der Waals surface area contributed by atoms with Crippen LogP contribution in [0.2, 0.25) is 5.02 Å². The van der Waals surface area contributed by atoms with Crippen LogP contribution in [0.3, 0.4) is 0 Å². The molecule has 0 aliphatic carbocycles. The number of halogens is 3. The van der Waals surface area contributed by atoms with Crippen LogP contribution in [-0.4, -0.2) is 5.78 Å². The predicted octanol–water partition coefficient (Wildman–Crippen LogP) is 5.13. The smallest absolute Gasteiger partial charge is 0.167 e. The van der Waals surface area contributed by atoms with Gasteiger partial charge in [-0.2, -0.15) is 0 Å². The molecule has 0 bridgehead atoms. The van der Waals surface area contributed by atoms with E-state index >= 15 is 0 Å². The summed E-state index contributed by atoms with van der Waals surface area (Å²) in [7, 11) is 0. The highest BCUT2D eigenvalue weighted by atomic mass is 127. The summed E-state index contributed by atoms with van der Waals surface area (Å²) in [5.74, 6) is 0.0754. The number of hydrogen-bond acceptors (Lipinski definition) is 1. The quantitative estimate of drug-likeness (QED) is 0.482. The van der Waals surface area contributed by atoms with E-state index in [1.807, 2.05) is 36.4 Å². The van der Waals surface area contributed by atoms with Crippen LogP contribution in [-0.2, 0) is 6.42 Å². The van der Waals surface area contributed by atoms with E-state index in [9.17, 15) is 4.79 Å². The molecule has 0 aromatic heterocycles. The van der Waals surface area contributed by atoms with E-state index in [4.69, 9.17) is 11.6 Å². The third-order valence-corrected chi connectivity index (χ3v) is 4.56. The molecule has 2 aromatic carbocycles. The predicted molar refractivity (Wildman–Crippen MR) is 86.3 cm³/mol. The van der Waals surface area contributed by atoms with Gasteiger partial charge in [-0.1, -0.05) is 45.7 Å². The van der Waals surface area contributed by atoms with Crippen LogP contribution < -0.4 is 0 Å². The molecule has 92 valence electrons. The van der Waals surface area contributed by atoms with E-state index in [0.29, 0.717) is 17.0 Å². The molecule has 0 aliphatic heterocycles. The summed E-state index contributed by atoms with van der Waals surface area (Å²) >= 11 is 11.6. The Bertz CT molecular complexity index is 598. The minimum atomic E-state index is 0.0754. The largest absolute Gasteiger partial charge is 0.294 e. The molecule has 4 heteroatoms. The van der Waals surface area contributed by atoms with Crippen LogP contribution in [0.5, 0.6) is 0 Å². The molecular weight excluding hydrogens is 426 g/mol. The molecular formula is C14H9BrClIO. The maximum atomic E-state index is 12.1. The molecule has 2 aromatic rings. The topological polar surface area (TPSA) is 17.1 Å². The van der Waals surface area contributed by atoms with Gasteiger partial charge < -0.3 is 0 Å². The fraction of sp³-hybridized carbons (Fsp3) is 0.0714. The standard InChI is InChI=1S/C14H9BrClIO/c15-11-3-1-2-9(6-11)7-14(18)10-4-5-13(17)12(16)8-10/h1-6,8H,7H2. The van der Waals surface area contributed by atoms with Gasteiger partial charge in [0.2, 0.25) is 0 Å². The molecule has 0 atom stereocenters. The van der Waals surface area contributed by atoms with Crippen LogP contribution in [0.25, 0.3) is 0 Å². The van der Waals surface area contributed by atoms with Gasteiger partial charge >= 0.3 is 0 Å². The molecule has 0 heterocycles. The van der Waals surface area contributed by atoms with E-state index in [1.165, 1.54) is 0 Å². The van der Waals surface area contributed by atoms with E-state index in [1.54, 1.807) is 6.07 Å². The summed E-state index contributed by atoms with van der Waals surface area (Å²) in [4.78, 5) is 12.1. The highest BCUT2D eigenvalue weighted by molar-refractivity contribution is 14.1. The highest BCUT2D eigenvalue weighted by Crippen LogP contribution is 2.21. The number of Topliss-reactive ketones (excluding diaryl/α,β-unsaturated/α-hetero) is 1. The summed E-state index contributed by atoms with van der Waals surface area (Å²) < 4.78 is 1.93. The highest BCUT2D eigenvalue weighted by Gasteiger charge is 2.09. The first-order valence-electron chi connectivity index (χ1n) is 5.29. The van der Waals surface area contributed by atoms with Crippen molar-refractivity contribution in [1.82, 2.24) is 0 Å². The fourth-order valence-corrected chi connectivity index (χ4v) is 2.57. The number of rotatable bonds is 3. The molecule has 0 aliphatic rings. The number of ketones is 1. The molecule has 0 saturated heterocycles. The maximum absolute atomic E-state index is 12.1. The van der Waals surface area contributed by atoms with Gasteiger partial charge in [-0.25, -0.2) is 0 Å².